The molecule has 0 saturated heterocycles. The van der Waals surface area contributed by atoms with Crippen LogP contribution in [0, 0.1) is 0 Å². The molecule has 8 N–H and O–H groups in total. The molecule has 0 aliphatic carbocycles. The van der Waals surface area contributed by atoms with Crippen molar-refractivity contribution in [2.75, 3.05) is 0 Å². The summed E-state index contributed by atoms with van der Waals surface area (Å²) in [5, 5.41) is 0. The van der Waals surface area contributed by atoms with Crippen molar-refractivity contribution in [2.24, 2.45) is 0 Å². The van der Waals surface area contributed by atoms with E-state index in [2.05, 4.69) is 0 Å². The number of rotatable bonds is 0. The number of hydrogen-bond acceptors (Lipinski definition) is 8. The monoisotopic (exact) mass is 435 g/mol. The molecule has 0 unspecified atom stereocenters. The molecule has 8 nitrogen and oxygen atoms in total. The minimum atomic E-state index is 0. The van der Waals surface area contributed by atoms with Gasteiger partial charge in [0.2, 0.25) is 0 Å². The van der Waals surface area contributed by atoms with Gasteiger partial charge in [-0.3, -0.25) is 0 Å². The van der Waals surface area contributed by atoms with Gasteiger partial charge in [-0.15, -0.1) is 0 Å². The van der Waals surface area contributed by atoms with Gasteiger partial charge in [0.15, 0.2) is 0 Å². The summed E-state index contributed by atoms with van der Waals surface area (Å²) in [5.41, 5.74) is 0. The van der Waals surface area contributed by atoms with Crippen LogP contribution in [0.15, 0.2) is 0 Å². The summed E-state index contributed by atoms with van der Waals surface area (Å²) in [6.45, 7) is 0. The second kappa shape index (κ2) is 633. The van der Waals surface area contributed by atoms with Crippen molar-refractivity contribution in [2.45, 2.75) is 0 Å². The van der Waals surface area contributed by atoms with Gasteiger partial charge in [-0.2, -0.15) is 0 Å². The minimum absolute atomic E-state index is 0. The molecule has 0 fully saturated rings. The maximum atomic E-state index is 0. The molecule has 0 atom stereocenters. The predicted octanol–water partition coefficient (Wildman–Crippen LogP) is -1.42. The Morgan fingerprint density at radius 2 is 0.364 bits per heavy atom. The molecule has 0 heterocycles. The van der Waals surface area contributed by atoms with Crippen LogP contribution < -0.4 is 0 Å². The maximum Gasteiger partial charge on any atom is 2.00 e. The van der Waals surface area contributed by atoms with Crippen LogP contribution in [0.25, 0.3) is 0 Å². The van der Waals surface area contributed by atoms with Gasteiger partial charge in [0.1, 0.15) is 0 Å². The van der Waals surface area contributed by atoms with Gasteiger partial charge in [0, 0.05) is 21.1 Å². The largest absolute Gasteiger partial charge is 2.00 e. The molecule has 0 rings (SSSR count). The molecule has 0 aliphatic heterocycles. The van der Waals surface area contributed by atoms with Crippen LogP contribution in [-0.2, 0) is 54.9 Å². The van der Waals surface area contributed by atoms with E-state index in [9.17, 15) is 0 Å². The Bertz CT molecular complexity index is 14.1. The molecular weight excluding hydrogens is 427 g/mol. The van der Waals surface area contributed by atoms with Crippen LogP contribution in [0.4, 0.5) is 0 Å². The molecular formula is H8CoFeO8W-4. The van der Waals surface area contributed by atoms with E-state index in [0.717, 1.165) is 0 Å². The molecule has 0 amide bonds. The summed E-state index contributed by atoms with van der Waals surface area (Å²) in [4.78, 5) is 0. The summed E-state index contributed by atoms with van der Waals surface area (Å²) in [6, 6.07) is 0. The van der Waals surface area contributed by atoms with Gasteiger partial charge in [-0.1, -0.05) is 0 Å². The second-order valence-corrected chi connectivity index (χ2v) is 0. The molecule has 11 heavy (non-hydrogen) atoms. The first kappa shape index (κ1) is 828. The average molecular weight is 435 g/mol. The van der Waals surface area contributed by atoms with Crippen LogP contribution in [-0.4, -0.2) is 43.8 Å². The van der Waals surface area contributed by atoms with E-state index in [1.165, 1.54) is 0 Å². The van der Waals surface area contributed by atoms with Crippen molar-refractivity contribution in [3.63, 3.8) is 0 Å². The van der Waals surface area contributed by atoms with Crippen molar-refractivity contribution >= 4 is 0 Å². The van der Waals surface area contributed by atoms with Crippen LogP contribution in [0.2, 0.25) is 0 Å². The third-order valence-electron chi connectivity index (χ3n) is 0. The molecule has 0 aromatic rings. The smallest absolute Gasteiger partial charge is 0.870 e. The van der Waals surface area contributed by atoms with Crippen molar-refractivity contribution < 1.29 is 98.7 Å². The Hall–Kier alpha value is 1.39. The van der Waals surface area contributed by atoms with E-state index in [1.807, 2.05) is 0 Å². The average Bonchev–Trinajstić information content (AvgIpc) is 0. The van der Waals surface area contributed by atoms with Crippen molar-refractivity contribution in [1.82, 2.24) is 0 Å². The Balaban J connectivity index is 0. The molecule has 0 aliphatic rings. The summed E-state index contributed by atoms with van der Waals surface area (Å²) >= 11 is 0. The van der Waals surface area contributed by atoms with E-state index < -0.39 is 0 Å². The van der Waals surface area contributed by atoms with Gasteiger partial charge >= 0.3 is 33.8 Å². The molecule has 0 bridgehead atoms. The quantitative estimate of drug-likeness (QED) is 0.408. The predicted molar refractivity (Wildman–Crippen MR) is 15.5 cm³/mol. The van der Waals surface area contributed by atoms with Crippen LogP contribution in [0.3, 0.4) is 0 Å². The van der Waals surface area contributed by atoms with Crippen molar-refractivity contribution in [3.8, 4) is 0 Å². The second-order valence-electron chi connectivity index (χ2n) is 0. The van der Waals surface area contributed by atoms with Crippen LogP contribution >= 0.6 is 0 Å². The summed E-state index contributed by atoms with van der Waals surface area (Å²) in [5.74, 6) is 0. The standard InChI is InChI=1S/Co.Fe.8H2O.W/h;;8*1H2;/q2*+2;;;;;;;;;/p-8. The normalized spacial score (nSPS) is 0. The van der Waals surface area contributed by atoms with E-state index in [-0.39, 0.29) is 98.7 Å². The van der Waals surface area contributed by atoms with Gasteiger partial charge in [0.25, 0.3) is 0 Å². The van der Waals surface area contributed by atoms with Gasteiger partial charge in [-0.25, -0.2) is 0 Å². The van der Waals surface area contributed by atoms with E-state index >= 15 is 0 Å². The molecule has 0 aromatic carbocycles. The first-order chi connectivity index (χ1) is 0. The molecule has 0 aromatic heterocycles. The van der Waals surface area contributed by atoms with Gasteiger partial charge in [-0.05, 0) is 0 Å². The summed E-state index contributed by atoms with van der Waals surface area (Å²) in [7, 11) is 0. The zero-order valence-electron chi connectivity index (χ0n) is 4.67. The molecule has 0 spiro atoms. The van der Waals surface area contributed by atoms with E-state index in [4.69, 9.17) is 0 Å². The zero-order valence-corrected chi connectivity index (χ0v) is 9.75. The van der Waals surface area contributed by atoms with Gasteiger partial charge < -0.3 is 43.8 Å². The topological polar surface area (TPSA) is 240 Å². The molecule has 1 radical (unpaired) electrons. The first-order valence-electron chi connectivity index (χ1n) is 0. The molecule has 11 heteroatoms. The fraction of sp³-hybridized carbons (Fsp3) is 0. The fourth-order valence-electron chi connectivity index (χ4n) is 0. The molecule has 0 saturated carbocycles. The van der Waals surface area contributed by atoms with E-state index in [0.29, 0.717) is 0 Å². The van der Waals surface area contributed by atoms with Crippen LogP contribution in [0.1, 0.15) is 0 Å². The third kappa shape index (κ3) is 517. The Morgan fingerprint density at radius 1 is 0.364 bits per heavy atom. The Morgan fingerprint density at radius 3 is 0.364 bits per heavy atom. The van der Waals surface area contributed by atoms with Crippen LogP contribution in [0.5, 0.6) is 0 Å². The van der Waals surface area contributed by atoms with E-state index in [1.54, 1.807) is 0 Å². The molecule has 83 valence electrons. The Kier molecular flexibility index (Phi) is 47700. The zero-order chi connectivity index (χ0) is 0. The Labute approximate surface area is 98.5 Å². The fourth-order valence-corrected chi connectivity index (χ4v) is 0. The van der Waals surface area contributed by atoms with Crippen molar-refractivity contribution in [1.29, 1.82) is 0 Å². The minimum Gasteiger partial charge on any atom is -0.870 e. The third-order valence-corrected chi connectivity index (χ3v) is 0. The summed E-state index contributed by atoms with van der Waals surface area (Å²) < 4.78 is 0. The first-order valence-corrected chi connectivity index (χ1v) is 0. The SMILES string of the molecule is [Co+2].[Fe+2].[OH-].[OH-].[OH-].[OH-].[OH-].[OH-].[OH-].[OH-].[W]. The summed E-state index contributed by atoms with van der Waals surface area (Å²) in [6.07, 6.45) is 0. The van der Waals surface area contributed by atoms with Gasteiger partial charge in [0.05, 0.1) is 0 Å². The maximum absolute atomic E-state index is 0. The van der Waals surface area contributed by atoms with Crippen molar-refractivity contribution in [3.05, 3.63) is 0 Å². The number of hydrogen-bond donors (Lipinski definition) is 0.